The molecule has 0 spiro atoms. The van der Waals surface area contributed by atoms with Gasteiger partial charge in [0, 0.05) is 16.5 Å². The lowest BCUT2D eigenvalue weighted by atomic mass is 10.2. The van der Waals surface area contributed by atoms with Gasteiger partial charge in [0.1, 0.15) is 0 Å². The molecule has 0 bridgehead atoms. The van der Waals surface area contributed by atoms with Crippen LogP contribution in [-0.4, -0.2) is 22.4 Å². The van der Waals surface area contributed by atoms with Gasteiger partial charge in [-0.2, -0.15) is 5.10 Å². The highest BCUT2D eigenvalue weighted by Gasteiger charge is 2.30. The molecule has 1 saturated carbocycles. The average Bonchev–Trinajstić information content (AvgIpc) is 3.22. The average molecular weight is 288 g/mol. The molecule has 0 aliphatic heterocycles. The van der Waals surface area contributed by atoms with E-state index in [-0.39, 0.29) is 11.6 Å². The molecule has 0 atom stereocenters. The Labute approximate surface area is 121 Å². The van der Waals surface area contributed by atoms with Crippen molar-refractivity contribution in [1.82, 2.24) is 10.2 Å². The van der Waals surface area contributed by atoms with E-state index in [1.165, 1.54) is 0 Å². The molecule has 1 aliphatic carbocycles. The van der Waals surface area contributed by atoms with Gasteiger partial charge in [-0.25, -0.2) is 0 Å². The lowest BCUT2D eigenvalue weighted by Crippen LogP contribution is -2.14. The fourth-order valence-corrected chi connectivity index (χ4v) is 2.57. The number of nitrogen functional groups attached to an aromatic ring is 1. The number of thioether (sulfide) groups is 1. The highest BCUT2D eigenvalue weighted by molar-refractivity contribution is 7.98. The van der Waals surface area contributed by atoms with Crippen molar-refractivity contribution in [3.05, 3.63) is 35.7 Å². The minimum atomic E-state index is -0.274. The first-order valence-electron chi connectivity index (χ1n) is 6.48. The second-order valence-electron chi connectivity index (χ2n) is 4.86. The molecule has 20 heavy (non-hydrogen) atoms. The molecule has 0 saturated heterocycles. The molecule has 1 aromatic heterocycles. The van der Waals surface area contributed by atoms with Crippen molar-refractivity contribution in [2.45, 2.75) is 23.7 Å². The first-order chi connectivity index (χ1) is 9.69. The van der Waals surface area contributed by atoms with Crippen molar-refractivity contribution >= 4 is 29.0 Å². The van der Waals surface area contributed by atoms with E-state index in [1.807, 2.05) is 30.5 Å². The van der Waals surface area contributed by atoms with Crippen LogP contribution in [0.3, 0.4) is 0 Å². The summed E-state index contributed by atoms with van der Waals surface area (Å²) in [6, 6.07) is 7.68. The number of nitrogens with zero attached hydrogens (tertiary/aromatic N) is 1. The summed E-state index contributed by atoms with van der Waals surface area (Å²) in [4.78, 5) is 13.3. The van der Waals surface area contributed by atoms with E-state index in [9.17, 15) is 4.79 Å². The summed E-state index contributed by atoms with van der Waals surface area (Å²) >= 11 is 1.63. The van der Waals surface area contributed by atoms with Crippen molar-refractivity contribution in [3.63, 3.8) is 0 Å². The van der Waals surface area contributed by atoms with E-state index in [1.54, 1.807) is 11.8 Å². The van der Waals surface area contributed by atoms with Gasteiger partial charge in [0.05, 0.1) is 11.4 Å². The highest BCUT2D eigenvalue weighted by Crippen LogP contribution is 2.42. The topological polar surface area (TPSA) is 83.8 Å². The van der Waals surface area contributed by atoms with Gasteiger partial charge in [-0.3, -0.25) is 9.89 Å². The summed E-state index contributed by atoms with van der Waals surface area (Å²) in [7, 11) is 0. The predicted molar refractivity (Wildman–Crippen MR) is 81.2 cm³/mol. The molecule has 3 rings (SSSR count). The summed E-state index contributed by atoms with van der Waals surface area (Å²) in [6.07, 6.45) is 4.22. The Balaban J connectivity index is 1.78. The molecule has 2 aromatic rings. The van der Waals surface area contributed by atoms with Crippen LogP contribution in [0.5, 0.6) is 0 Å². The smallest absolute Gasteiger partial charge is 0.278 e. The van der Waals surface area contributed by atoms with Crippen LogP contribution >= 0.6 is 11.8 Å². The van der Waals surface area contributed by atoms with Gasteiger partial charge >= 0.3 is 0 Å². The molecule has 1 amide bonds. The molecule has 1 fully saturated rings. The molecule has 1 aliphatic rings. The van der Waals surface area contributed by atoms with Crippen LogP contribution in [0.15, 0.2) is 29.2 Å². The van der Waals surface area contributed by atoms with Crippen LogP contribution in [-0.2, 0) is 0 Å². The van der Waals surface area contributed by atoms with Gasteiger partial charge in [-0.05, 0) is 37.3 Å². The van der Waals surface area contributed by atoms with Crippen LogP contribution in [0.25, 0.3) is 0 Å². The van der Waals surface area contributed by atoms with Crippen molar-refractivity contribution in [3.8, 4) is 0 Å². The molecular formula is C14H16N4OS. The lowest BCUT2D eigenvalue weighted by molar-refractivity contribution is 0.102. The van der Waals surface area contributed by atoms with Gasteiger partial charge in [-0.1, -0.05) is 6.07 Å². The van der Waals surface area contributed by atoms with Crippen LogP contribution in [0.2, 0.25) is 0 Å². The largest absolute Gasteiger partial charge is 0.395 e. The van der Waals surface area contributed by atoms with Crippen LogP contribution in [0.1, 0.15) is 34.9 Å². The first kappa shape index (κ1) is 13.1. The molecule has 104 valence electrons. The Morgan fingerprint density at radius 1 is 1.50 bits per heavy atom. The fourth-order valence-electron chi connectivity index (χ4n) is 2.11. The number of benzene rings is 1. The zero-order valence-electron chi connectivity index (χ0n) is 11.1. The number of nitrogens with one attached hydrogen (secondary N) is 2. The van der Waals surface area contributed by atoms with Crippen molar-refractivity contribution in [2.24, 2.45) is 0 Å². The van der Waals surface area contributed by atoms with Gasteiger partial charge in [-0.15, -0.1) is 11.8 Å². The predicted octanol–water partition coefficient (Wildman–Crippen LogP) is 2.84. The second-order valence-corrected chi connectivity index (χ2v) is 5.74. The van der Waals surface area contributed by atoms with Gasteiger partial charge in [0.25, 0.3) is 5.91 Å². The molecule has 5 nitrogen and oxygen atoms in total. The van der Waals surface area contributed by atoms with E-state index in [0.717, 1.165) is 29.1 Å². The minimum Gasteiger partial charge on any atom is -0.395 e. The second kappa shape index (κ2) is 5.20. The SMILES string of the molecule is CSc1cccc(NC(=O)c2n[nH]c(C3CC3)c2N)c1. The number of anilines is 2. The Kier molecular flexibility index (Phi) is 3.40. The van der Waals surface area contributed by atoms with E-state index in [4.69, 9.17) is 5.73 Å². The number of carbonyl (C=O) groups is 1. The standard InChI is InChI=1S/C14H16N4OS/c1-20-10-4-2-3-9(7-10)16-14(19)13-11(15)12(17-18-13)8-5-6-8/h2-4,7-8H,5-6,15H2,1H3,(H,16,19)(H,17,18). The third kappa shape index (κ3) is 2.51. The molecule has 1 heterocycles. The Morgan fingerprint density at radius 2 is 2.30 bits per heavy atom. The zero-order valence-corrected chi connectivity index (χ0v) is 12.0. The Morgan fingerprint density at radius 3 is 3.00 bits per heavy atom. The summed E-state index contributed by atoms with van der Waals surface area (Å²) in [5.74, 6) is 0.174. The summed E-state index contributed by atoms with van der Waals surface area (Å²) in [5, 5.41) is 9.77. The maximum absolute atomic E-state index is 12.2. The quantitative estimate of drug-likeness (QED) is 0.755. The molecule has 6 heteroatoms. The highest BCUT2D eigenvalue weighted by atomic mass is 32.2. The summed E-state index contributed by atoms with van der Waals surface area (Å²) < 4.78 is 0. The van der Waals surface area contributed by atoms with E-state index in [2.05, 4.69) is 15.5 Å². The van der Waals surface area contributed by atoms with Crippen LogP contribution in [0.4, 0.5) is 11.4 Å². The number of H-pyrrole nitrogens is 1. The number of aromatic nitrogens is 2. The summed E-state index contributed by atoms with van der Waals surface area (Å²) in [5.41, 5.74) is 8.40. The maximum Gasteiger partial charge on any atom is 0.278 e. The first-order valence-corrected chi connectivity index (χ1v) is 7.70. The van der Waals surface area contributed by atoms with Gasteiger partial charge in [0.15, 0.2) is 5.69 Å². The third-order valence-corrected chi connectivity index (χ3v) is 4.09. The number of hydrogen-bond donors (Lipinski definition) is 3. The Hall–Kier alpha value is -1.95. The minimum absolute atomic E-state index is 0.274. The number of rotatable bonds is 4. The monoisotopic (exact) mass is 288 g/mol. The van der Waals surface area contributed by atoms with Crippen molar-refractivity contribution in [2.75, 3.05) is 17.3 Å². The van der Waals surface area contributed by atoms with Gasteiger partial charge < -0.3 is 11.1 Å². The molecule has 1 aromatic carbocycles. The number of nitrogens with two attached hydrogens (primary N) is 1. The molecule has 4 N–H and O–H groups in total. The fraction of sp³-hybridized carbons (Fsp3) is 0.286. The lowest BCUT2D eigenvalue weighted by Gasteiger charge is -2.05. The zero-order chi connectivity index (χ0) is 14.1. The number of amides is 1. The Bertz CT molecular complexity index is 648. The van der Waals surface area contributed by atoms with Gasteiger partial charge in [0.2, 0.25) is 0 Å². The molecule has 0 unspecified atom stereocenters. The number of carbonyl (C=O) groups excluding carboxylic acids is 1. The summed E-state index contributed by atoms with van der Waals surface area (Å²) in [6.45, 7) is 0. The molecule has 0 radical (unpaired) electrons. The van der Waals surface area contributed by atoms with Crippen molar-refractivity contribution in [1.29, 1.82) is 0 Å². The van der Waals surface area contributed by atoms with Crippen LogP contribution < -0.4 is 11.1 Å². The molecular weight excluding hydrogens is 272 g/mol. The van der Waals surface area contributed by atoms with Crippen molar-refractivity contribution < 1.29 is 4.79 Å². The van der Waals surface area contributed by atoms with E-state index < -0.39 is 0 Å². The third-order valence-electron chi connectivity index (χ3n) is 3.36. The number of hydrogen-bond acceptors (Lipinski definition) is 4. The van der Waals surface area contributed by atoms with E-state index in [0.29, 0.717) is 11.6 Å². The normalized spacial score (nSPS) is 14.2. The van der Waals surface area contributed by atoms with E-state index >= 15 is 0 Å². The van der Waals surface area contributed by atoms with Crippen LogP contribution in [0, 0.1) is 0 Å². The maximum atomic E-state index is 12.2. The number of aromatic amines is 1.